The van der Waals surface area contributed by atoms with Crippen LogP contribution in [0.5, 0.6) is 0 Å². The van der Waals surface area contributed by atoms with Crippen LogP contribution in [0.25, 0.3) is 5.78 Å². The van der Waals surface area contributed by atoms with Gasteiger partial charge in [0.2, 0.25) is 5.82 Å². The van der Waals surface area contributed by atoms with E-state index in [-0.39, 0.29) is 11.7 Å². The Hall–Kier alpha value is -2.76. The number of aromatic nitrogens is 4. The molecule has 0 aliphatic heterocycles. The topological polar surface area (TPSA) is 63.4 Å². The second-order valence-corrected chi connectivity index (χ2v) is 5.32. The van der Waals surface area contributed by atoms with Crippen LogP contribution in [0.1, 0.15) is 27.4 Å². The number of carbonyl (C=O) groups is 1. The van der Waals surface area contributed by atoms with E-state index >= 15 is 0 Å². The van der Waals surface area contributed by atoms with E-state index in [0.717, 1.165) is 16.8 Å². The average molecular weight is 295 g/mol. The Kier molecular flexibility index (Phi) is 3.58. The molecule has 3 rings (SSSR count). The van der Waals surface area contributed by atoms with Gasteiger partial charge in [-0.2, -0.15) is 4.98 Å². The summed E-state index contributed by atoms with van der Waals surface area (Å²) in [4.78, 5) is 22.4. The molecule has 0 fully saturated rings. The number of carbonyl (C=O) groups excluding carboxylic acids is 1. The molecule has 0 atom stereocenters. The molecular weight excluding hydrogens is 278 g/mol. The van der Waals surface area contributed by atoms with Gasteiger partial charge in [0.15, 0.2) is 0 Å². The summed E-state index contributed by atoms with van der Waals surface area (Å²) in [5, 5.41) is 4.25. The predicted molar refractivity (Wildman–Crippen MR) is 82.5 cm³/mol. The van der Waals surface area contributed by atoms with Crippen molar-refractivity contribution in [3.8, 4) is 0 Å². The van der Waals surface area contributed by atoms with Gasteiger partial charge in [-0.1, -0.05) is 24.3 Å². The fraction of sp³-hybridized carbons (Fsp3) is 0.250. The Morgan fingerprint density at radius 3 is 2.73 bits per heavy atom. The van der Waals surface area contributed by atoms with Crippen molar-refractivity contribution in [1.29, 1.82) is 0 Å². The van der Waals surface area contributed by atoms with E-state index in [9.17, 15) is 4.79 Å². The minimum absolute atomic E-state index is 0.165. The van der Waals surface area contributed by atoms with Crippen molar-refractivity contribution >= 4 is 11.7 Å². The van der Waals surface area contributed by atoms with E-state index in [1.807, 2.05) is 44.2 Å². The molecule has 6 heteroatoms. The first-order chi connectivity index (χ1) is 10.6. The molecule has 1 aromatic carbocycles. The highest BCUT2D eigenvalue weighted by molar-refractivity contribution is 5.90. The van der Waals surface area contributed by atoms with Crippen molar-refractivity contribution in [2.24, 2.45) is 0 Å². The molecule has 0 aliphatic rings. The molecule has 3 aromatic rings. The van der Waals surface area contributed by atoms with Crippen LogP contribution in [-0.2, 0) is 6.54 Å². The van der Waals surface area contributed by atoms with Gasteiger partial charge in [0, 0.05) is 25.5 Å². The lowest BCUT2D eigenvalue weighted by molar-refractivity contribution is 0.0773. The van der Waals surface area contributed by atoms with Gasteiger partial charge in [-0.15, -0.1) is 5.10 Å². The quantitative estimate of drug-likeness (QED) is 0.741. The third-order valence-electron chi connectivity index (χ3n) is 3.64. The zero-order chi connectivity index (χ0) is 15.7. The molecular formula is C16H17N5O. The summed E-state index contributed by atoms with van der Waals surface area (Å²) in [7, 11) is 1.75. The Labute approximate surface area is 128 Å². The molecule has 1 amide bonds. The van der Waals surface area contributed by atoms with E-state index in [1.165, 1.54) is 0 Å². The molecule has 0 saturated heterocycles. The largest absolute Gasteiger partial charge is 0.335 e. The molecule has 0 saturated carbocycles. The van der Waals surface area contributed by atoms with Gasteiger partial charge in [0.25, 0.3) is 11.7 Å². The Bertz CT molecular complexity index is 839. The van der Waals surface area contributed by atoms with Crippen LogP contribution in [0.4, 0.5) is 0 Å². The molecule has 0 spiro atoms. The van der Waals surface area contributed by atoms with Gasteiger partial charge < -0.3 is 4.90 Å². The number of hydrogen-bond acceptors (Lipinski definition) is 4. The van der Waals surface area contributed by atoms with Crippen LogP contribution < -0.4 is 0 Å². The normalized spacial score (nSPS) is 10.9. The molecule has 0 aliphatic carbocycles. The summed E-state index contributed by atoms with van der Waals surface area (Å²) in [6, 6.07) is 9.83. The highest BCUT2D eigenvalue weighted by atomic mass is 16.2. The Morgan fingerprint density at radius 2 is 2.00 bits per heavy atom. The maximum absolute atomic E-state index is 12.5. The lowest BCUT2D eigenvalue weighted by Gasteiger charge is -2.16. The van der Waals surface area contributed by atoms with Crippen molar-refractivity contribution in [3.63, 3.8) is 0 Å². The van der Waals surface area contributed by atoms with Gasteiger partial charge >= 0.3 is 0 Å². The second kappa shape index (κ2) is 5.55. The summed E-state index contributed by atoms with van der Waals surface area (Å²) in [5.41, 5.74) is 3.15. The van der Waals surface area contributed by atoms with Crippen LogP contribution in [-0.4, -0.2) is 37.4 Å². The first-order valence-electron chi connectivity index (χ1n) is 7.04. The summed E-state index contributed by atoms with van der Waals surface area (Å²) in [6.45, 7) is 4.45. The average Bonchev–Trinajstić information content (AvgIpc) is 2.94. The lowest BCUT2D eigenvalue weighted by Crippen LogP contribution is -2.27. The first-order valence-corrected chi connectivity index (χ1v) is 7.04. The van der Waals surface area contributed by atoms with Crippen molar-refractivity contribution in [1.82, 2.24) is 24.5 Å². The van der Waals surface area contributed by atoms with Crippen molar-refractivity contribution < 1.29 is 4.79 Å². The van der Waals surface area contributed by atoms with Crippen molar-refractivity contribution in [2.45, 2.75) is 20.4 Å². The van der Waals surface area contributed by atoms with E-state index < -0.39 is 0 Å². The molecule has 112 valence electrons. The fourth-order valence-corrected chi connectivity index (χ4v) is 2.28. The van der Waals surface area contributed by atoms with Crippen LogP contribution in [0, 0.1) is 13.8 Å². The zero-order valence-electron chi connectivity index (χ0n) is 12.8. The van der Waals surface area contributed by atoms with Crippen LogP contribution in [0.2, 0.25) is 0 Å². The van der Waals surface area contributed by atoms with Gasteiger partial charge in [-0.25, -0.2) is 9.50 Å². The summed E-state index contributed by atoms with van der Waals surface area (Å²) in [5.74, 6) is 0.388. The Balaban J connectivity index is 1.86. The standard InChI is InChI=1S/C16H17N5O/c1-11-6-4-5-7-13(11)10-20(3)15(22)14-18-16-17-9-8-12(2)21(16)19-14/h4-9H,10H2,1-3H3. The van der Waals surface area contributed by atoms with Crippen LogP contribution >= 0.6 is 0 Å². The van der Waals surface area contributed by atoms with E-state index in [2.05, 4.69) is 15.1 Å². The molecule has 22 heavy (non-hydrogen) atoms. The molecule has 0 N–H and O–H groups in total. The highest BCUT2D eigenvalue weighted by Gasteiger charge is 2.19. The number of nitrogens with zero attached hydrogens (tertiary/aromatic N) is 5. The van der Waals surface area contributed by atoms with E-state index in [1.54, 1.807) is 22.7 Å². The summed E-state index contributed by atoms with van der Waals surface area (Å²) in [6.07, 6.45) is 1.66. The maximum atomic E-state index is 12.5. The third kappa shape index (κ3) is 2.55. The van der Waals surface area contributed by atoms with Gasteiger partial charge in [-0.05, 0) is 31.0 Å². The first kappa shape index (κ1) is 14.2. The maximum Gasteiger partial charge on any atom is 0.293 e. The zero-order valence-corrected chi connectivity index (χ0v) is 12.8. The highest BCUT2D eigenvalue weighted by Crippen LogP contribution is 2.11. The van der Waals surface area contributed by atoms with E-state index in [0.29, 0.717) is 12.3 Å². The number of fused-ring (bicyclic) bond motifs is 1. The van der Waals surface area contributed by atoms with Gasteiger partial charge in [0.05, 0.1) is 0 Å². The van der Waals surface area contributed by atoms with Crippen LogP contribution in [0.15, 0.2) is 36.5 Å². The summed E-state index contributed by atoms with van der Waals surface area (Å²) >= 11 is 0. The minimum atomic E-state index is -0.215. The SMILES string of the molecule is Cc1ccccc1CN(C)C(=O)c1nc2nccc(C)n2n1. The number of aryl methyl sites for hydroxylation is 2. The predicted octanol–water partition coefficient (Wildman–Crippen LogP) is 2.01. The third-order valence-corrected chi connectivity index (χ3v) is 3.64. The van der Waals surface area contributed by atoms with Crippen LogP contribution in [0.3, 0.4) is 0 Å². The van der Waals surface area contributed by atoms with Crippen molar-refractivity contribution in [3.05, 3.63) is 59.2 Å². The lowest BCUT2D eigenvalue weighted by atomic mass is 10.1. The number of benzene rings is 1. The van der Waals surface area contributed by atoms with E-state index in [4.69, 9.17) is 0 Å². The molecule has 2 heterocycles. The second-order valence-electron chi connectivity index (χ2n) is 5.32. The molecule has 0 radical (unpaired) electrons. The number of hydrogen-bond donors (Lipinski definition) is 0. The van der Waals surface area contributed by atoms with Crippen molar-refractivity contribution in [2.75, 3.05) is 7.05 Å². The Morgan fingerprint density at radius 1 is 1.23 bits per heavy atom. The number of rotatable bonds is 3. The number of amides is 1. The minimum Gasteiger partial charge on any atom is -0.335 e. The van der Waals surface area contributed by atoms with Gasteiger partial charge in [-0.3, -0.25) is 4.79 Å². The molecule has 0 unspecified atom stereocenters. The summed E-state index contributed by atoms with van der Waals surface area (Å²) < 4.78 is 1.58. The fourth-order valence-electron chi connectivity index (χ4n) is 2.28. The molecule has 6 nitrogen and oxygen atoms in total. The molecule has 2 aromatic heterocycles. The van der Waals surface area contributed by atoms with Gasteiger partial charge in [0.1, 0.15) is 0 Å². The monoisotopic (exact) mass is 295 g/mol. The smallest absolute Gasteiger partial charge is 0.293 e. The molecule has 0 bridgehead atoms.